The van der Waals surface area contributed by atoms with Crippen molar-refractivity contribution in [2.45, 2.75) is 33.7 Å². The number of nitrogens with one attached hydrogen (secondary N) is 2. The molecule has 0 fully saturated rings. The van der Waals surface area contributed by atoms with Gasteiger partial charge in [-0.25, -0.2) is 0 Å². The quantitative estimate of drug-likeness (QED) is 0.447. The zero-order valence-corrected chi connectivity index (χ0v) is 20.5. The van der Waals surface area contributed by atoms with Gasteiger partial charge in [-0.05, 0) is 30.5 Å². The maximum absolute atomic E-state index is 12.5. The third-order valence-electron chi connectivity index (χ3n) is 5.09. The zero-order chi connectivity index (χ0) is 24.7. The molecule has 1 aromatic heterocycles. The summed E-state index contributed by atoms with van der Waals surface area (Å²) in [6.07, 6.45) is 0. The van der Waals surface area contributed by atoms with E-state index in [-0.39, 0.29) is 40.0 Å². The van der Waals surface area contributed by atoms with Gasteiger partial charge in [0.25, 0.3) is 5.91 Å². The summed E-state index contributed by atoms with van der Waals surface area (Å²) in [6.45, 7) is 7.74. The Hall–Kier alpha value is -3.28. The summed E-state index contributed by atoms with van der Waals surface area (Å²) in [5.74, 6) is 0.510. The minimum Gasteiger partial charge on any atom is -0.505 e. The molecule has 12 heteroatoms. The van der Waals surface area contributed by atoms with Gasteiger partial charge in [-0.2, -0.15) is 8.42 Å². The van der Waals surface area contributed by atoms with Gasteiger partial charge in [0.05, 0.1) is 17.3 Å². The van der Waals surface area contributed by atoms with Crippen molar-refractivity contribution in [1.29, 1.82) is 0 Å². The fraction of sp³-hybridized carbons (Fsp3) is 0.381. The predicted molar refractivity (Wildman–Crippen MR) is 130 cm³/mol. The number of furan rings is 1. The molecule has 176 valence electrons. The first-order valence-corrected chi connectivity index (χ1v) is 11.7. The number of phenols is 1. The van der Waals surface area contributed by atoms with Crippen molar-refractivity contribution in [1.82, 2.24) is 10.2 Å². The zero-order valence-electron chi connectivity index (χ0n) is 19.7. The Bertz CT molecular complexity index is 1260. The van der Waals surface area contributed by atoms with Gasteiger partial charge in [-0.3, -0.25) is 4.79 Å². The summed E-state index contributed by atoms with van der Waals surface area (Å²) < 4.78 is 37.6. The molecule has 2 aromatic rings. The number of rotatable bonds is 4. The van der Waals surface area contributed by atoms with Crippen LogP contribution in [-0.4, -0.2) is 57.9 Å². The summed E-state index contributed by atoms with van der Waals surface area (Å²) in [6, 6.07) is 6.40. The minimum atomic E-state index is -4.13. The second kappa shape index (κ2) is 8.58. The number of anilines is 1. The summed E-state index contributed by atoms with van der Waals surface area (Å²) in [4.78, 5) is 13.9. The van der Waals surface area contributed by atoms with Crippen LogP contribution < -0.4 is 16.1 Å². The first-order valence-electron chi connectivity index (χ1n) is 10.3. The molecule has 0 saturated carbocycles. The van der Waals surface area contributed by atoms with Gasteiger partial charge in [-0.1, -0.05) is 32.3 Å². The highest BCUT2D eigenvalue weighted by Gasteiger charge is 2.34. The summed E-state index contributed by atoms with van der Waals surface area (Å²) in [5, 5.41) is 16.7. The second-order valence-electron chi connectivity index (χ2n) is 9.20. The fourth-order valence-corrected chi connectivity index (χ4v) is 4.16. The third-order valence-corrected chi connectivity index (χ3v) is 5.92. The summed E-state index contributed by atoms with van der Waals surface area (Å²) in [7, 11) is 0.722. The van der Waals surface area contributed by atoms with Crippen molar-refractivity contribution in [2.24, 2.45) is 14.2 Å². The van der Waals surface area contributed by atoms with Gasteiger partial charge in [0.1, 0.15) is 19.4 Å². The molecule has 1 aliphatic heterocycles. The molecule has 0 spiro atoms. The number of nitrogens with zero attached hydrogens (tertiary/aromatic N) is 3. The Morgan fingerprint density at radius 2 is 1.79 bits per heavy atom. The molecule has 1 aromatic carbocycles. The number of phenolic OH excluding ortho intramolecular Hbond substituents is 1. The molecular weight excluding hydrogens is 445 g/mol. The van der Waals surface area contributed by atoms with Gasteiger partial charge < -0.3 is 25.1 Å². The Morgan fingerprint density at radius 3 is 2.33 bits per heavy atom. The van der Waals surface area contributed by atoms with Crippen LogP contribution in [0, 0.1) is 12.3 Å². The van der Waals surface area contributed by atoms with E-state index in [0.29, 0.717) is 11.2 Å². The first kappa shape index (κ1) is 24.4. The SMILES string of the molecule is Bc1ccc(NC2=NS(=O)(=O)N=C2N[C@@H](c2ccc(C)o2)C(C)(C)C)c(O)c1C(=O)N(C)C. The van der Waals surface area contributed by atoms with Crippen molar-refractivity contribution in [3.8, 4) is 5.75 Å². The lowest BCUT2D eigenvalue weighted by Crippen LogP contribution is -2.41. The molecule has 1 aliphatic rings. The Balaban J connectivity index is 1.98. The van der Waals surface area contributed by atoms with Gasteiger partial charge in [0.15, 0.2) is 17.4 Å². The largest absolute Gasteiger partial charge is 0.505 e. The van der Waals surface area contributed by atoms with Gasteiger partial charge in [-0.15, -0.1) is 8.80 Å². The van der Waals surface area contributed by atoms with E-state index in [4.69, 9.17) is 4.42 Å². The smallest absolute Gasteiger partial charge is 0.367 e. The number of amidine groups is 2. The van der Waals surface area contributed by atoms with Crippen molar-refractivity contribution in [3.63, 3.8) is 0 Å². The van der Waals surface area contributed by atoms with Crippen LogP contribution in [0.1, 0.15) is 48.7 Å². The fourth-order valence-electron chi connectivity index (χ4n) is 3.39. The average molecular weight is 473 g/mol. The lowest BCUT2D eigenvalue weighted by molar-refractivity contribution is 0.0826. The number of hydrogen-bond donors (Lipinski definition) is 3. The molecule has 33 heavy (non-hydrogen) atoms. The number of benzene rings is 1. The van der Waals surface area contributed by atoms with E-state index in [1.165, 1.54) is 4.90 Å². The van der Waals surface area contributed by atoms with Gasteiger partial charge in [0.2, 0.25) is 0 Å². The lowest BCUT2D eigenvalue weighted by Gasteiger charge is -2.30. The monoisotopic (exact) mass is 473 g/mol. The topological polar surface area (TPSA) is 137 Å². The average Bonchev–Trinajstić information content (AvgIpc) is 3.22. The van der Waals surface area contributed by atoms with Gasteiger partial charge in [0, 0.05) is 14.1 Å². The number of carbonyl (C=O) groups excluding carboxylic acids is 1. The molecule has 1 atom stereocenters. The van der Waals surface area contributed by atoms with Crippen molar-refractivity contribution in [3.05, 3.63) is 41.3 Å². The Kier molecular flexibility index (Phi) is 6.34. The Morgan fingerprint density at radius 1 is 1.15 bits per heavy atom. The van der Waals surface area contributed by atoms with E-state index in [2.05, 4.69) is 19.4 Å². The van der Waals surface area contributed by atoms with E-state index in [1.54, 1.807) is 34.1 Å². The van der Waals surface area contributed by atoms with E-state index < -0.39 is 16.3 Å². The number of carbonyl (C=O) groups is 1. The van der Waals surface area contributed by atoms with E-state index in [1.807, 2.05) is 39.8 Å². The maximum Gasteiger partial charge on any atom is 0.367 e. The summed E-state index contributed by atoms with van der Waals surface area (Å²) >= 11 is 0. The lowest BCUT2D eigenvalue weighted by atomic mass is 9.85. The van der Waals surface area contributed by atoms with Crippen molar-refractivity contribution < 1.29 is 22.7 Å². The number of aryl methyl sites for hydroxylation is 1. The van der Waals surface area contributed by atoms with Crippen LogP contribution in [0.4, 0.5) is 5.69 Å². The van der Waals surface area contributed by atoms with E-state index in [9.17, 15) is 18.3 Å². The molecule has 0 saturated heterocycles. The molecule has 0 bridgehead atoms. The molecule has 0 aliphatic carbocycles. The molecule has 0 unspecified atom stereocenters. The predicted octanol–water partition coefficient (Wildman–Crippen LogP) is 1.10. The maximum atomic E-state index is 12.5. The Labute approximate surface area is 194 Å². The van der Waals surface area contributed by atoms with E-state index >= 15 is 0 Å². The van der Waals surface area contributed by atoms with Crippen LogP contribution in [0.25, 0.3) is 0 Å². The van der Waals surface area contributed by atoms with Crippen LogP contribution in [0.5, 0.6) is 5.75 Å². The highest BCUT2D eigenvalue weighted by atomic mass is 32.2. The molecule has 3 N–H and O–H groups in total. The van der Waals surface area contributed by atoms with Crippen molar-refractivity contribution >= 4 is 46.8 Å². The van der Waals surface area contributed by atoms with Crippen LogP contribution in [0.15, 0.2) is 37.5 Å². The number of hydrogen-bond acceptors (Lipinski definition) is 7. The standard InChI is InChI=1S/C21H28BN5O5S/c1-11-7-10-14(32-11)17(21(2,3)4)24-19-18(25-33(30,31)26-19)23-13-9-8-12(22)15(16(13)28)20(29)27(5)6/h7-10,17,28H,22H2,1-6H3,(H,23,25)(H,24,26)/t17-/m0/s1. The molecule has 1 amide bonds. The molecular formula is C21H28BN5O5S. The molecule has 3 rings (SSSR count). The van der Waals surface area contributed by atoms with Crippen LogP contribution in [-0.2, 0) is 10.2 Å². The third kappa shape index (κ3) is 5.21. The molecule has 0 radical (unpaired) electrons. The molecule has 10 nitrogen and oxygen atoms in total. The first-order chi connectivity index (χ1) is 15.2. The normalized spacial score (nSPS) is 16.1. The van der Waals surface area contributed by atoms with Crippen LogP contribution >= 0.6 is 0 Å². The summed E-state index contributed by atoms with van der Waals surface area (Å²) in [5.41, 5.74) is 0.432. The number of amides is 1. The highest BCUT2D eigenvalue weighted by molar-refractivity contribution is 7.89. The van der Waals surface area contributed by atoms with E-state index in [0.717, 1.165) is 5.76 Å². The van der Waals surface area contributed by atoms with Gasteiger partial charge >= 0.3 is 10.2 Å². The van der Waals surface area contributed by atoms with Crippen LogP contribution in [0.3, 0.4) is 0 Å². The minimum absolute atomic E-state index is 0.0237. The van der Waals surface area contributed by atoms with Crippen molar-refractivity contribution in [2.75, 3.05) is 19.4 Å². The van der Waals surface area contributed by atoms with Crippen LogP contribution in [0.2, 0.25) is 0 Å². The number of aromatic hydroxyl groups is 1. The highest BCUT2D eigenvalue weighted by Crippen LogP contribution is 2.34. The second-order valence-corrected chi connectivity index (χ2v) is 10.5. The molecule has 2 heterocycles.